The molecule has 0 aromatic carbocycles. The van der Waals surface area contributed by atoms with Crippen LogP contribution in [0.2, 0.25) is 0 Å². The highest BCUT2D eigenvalue weighted by molar-refractivity contribution is 8.77. The third kappa shape index (κ3) is 37.3. The lowest BCUT2D eigenvalue weighted by Crippen LogP contribution is -2.52. The summed E-state index contributed by atoms with van der Waals surface area (Å²) in [6, 6.07) is 11.3. The van der Waals surface area contributed by atoms with Gasteiger partial charge in [0, 0.05) is 52.7 Å². The highest BCUT2D eigenvalue weighted by Gasteiger charge is 2.54. The van der Waals surface area contributed by atoms with E-state index in [0.717, 1.165) is 51.3 Å². The van der Waals surface area contributed by atoms with Gasteiger partial charge in [0.15, 0.2) is 0 Å². The minimum atomic E-state index is -1.18. The number of ketones is 1. The highest BCUT2D eigenvalue weighted by Crippen LogP contribution is 2.49. The average molecular weight is 1670 g/mol. The number of aryl methyl sites for hydroxylation is 1. The van der Waals surface area contributed by atoms with Crippen LogP contribution < -0.4 is 5.32 Å². The van der Waals surface area contributed by atoms with Gasteiger partial charge in [-0.15, -0.1) is 11.3 Å². The molecule has 0 saturated carbocycles. The molecule has 0 aliphatic carbocycles. The number of aliphatic hydroxyl groups excluding tert-OH is 4. The summed E-state index contributed by atoms with van der Waals surface area (Å²) in [6.45, 7) is 74.2. The molecule has 3 aromatic rings. The molecule has 16 nitrogen and oxygen atoms in total. The zero-order valence-corrected chi connectivity index (χ0v) is 79.5. The molecule has 13 atom stereocenters. The molecular weight excluding hydrogens is 1510 g/mol. The van der Waals surface area contributed by atoms with Gasteiger partial charge < -0.3 is 44.7 Å². The van der Waals surface area contributed by atoms with Gasteiger partial charge in [-0.25, -0.2) is 24.5 Å². The molecular formula is C89H157ClN4O12S5. The van der Waals surface area contributed by atoms with Gasteiger partial charge in [-0.05, 0) is 183 Å². The molecule has 5 heterocycles. The summed E-state index contributed by atoms with van der Waals surface area (Å²) in [5, 5.41) is 49.6. The number of fused-ring (bicyclic) bond motifs is 1. The maximum atomic E-state index is 14.0. The Hall–Kier alpha value is -2.96. The van der Waals surface area contributed by atoms with E-state index in [-0.39, 0.29) is 142 Å². The monoisotopic (exact) mass is 1670 g/mol. The van der Waals surface area contributed by atoms with Crippen molar-refractivity contribution in [2.45, 2.75) is 340 Å². The number of amides is 1. The number of nitrogens with one attached hydrogen (secondary N) is 1. The number of pyridine rings is 2. The normalized spacial score (nSPS) is 23.1. The second kappa shape index (κ2) is 46.4. The fourth-order valence-electron chi connectivity index (χ4n) is 12.6. The number of epoxide rings is 1. The van der Waals surface area contributed by atoms with Crippen molar-refractivity contribution in [3.8, 4) is 0 Å². The Labute approximate surface area is 700 Å². The van der Waals surface area contributed by atoms with Crippen LogP contribution in [0, 0.1) is 103 Å². The van der Waals surface area contributed by atoms with Crippen molar-refractivity contribution >= 4 is 95.5 Å². The SMILES string of the molecule is C.C/C(=C\c1csc(C)n1)[C@@H]1C[C@@H]2O[C@]2(C)CCCC(C)(C)C(C)[C@H](O)[C@@H](C)C(C)(C)C(=O)C(C)(C)[C@@H](O)CC(=O)N1.C[C@H](C(O)[C@@H](C)C(C)(C)C)C(C)(C)C.C[C@H](C(OC(=O)Cl)[C@@H](C)C(C)(C)C)C(C)(C)C.C[C@H](C(OC(=O)OCCSSc1ccccn1)[C@@H](C)C(C)(C)C)C(C)(C)C.OCCSSc1ccccn1. The van der Waals surface area contributed by atoms with Crippen LogP contribution in [0.3, 0.4) is 0 Å². The van der Waals surface area contributed by atoms with Crippen LogP contribution in [0.1, 0.15) is 286 Å². The zero-order valence-electron chi connectivity index (χ0n) is 74.6. The Kier molecular flexibility index (Phi) is 45.2. The van der Waals surface area contributed by atoms with Crippen LogP contribution in [-0.4, -0.2) is 132 Å². The fourth-order valence-corrected chi connectivity index (χ4v) is 16.7. The zero-order chi connectivity index (χ0) is 85.5. The molecule has 5 rings (SSSR count). The van der Waals surface area contributed by atoms with Crippen LogP contribution >= 0.6 is 66.1 Å². The molecule has 0 bridgehead atoms. The van der Waals surface area contributed by atoms with Crippen LogP contribution in [0.5, 0.6) is 0 Å². The number of halogens is 1. The predicted molar refractivity (Wildman–Crippen MR) is 474 cm³/mol. The van der Waals surface area contributed by atoms with Crippen molar-refractivity contribution in [3.05, 3.63) is 70.4 Å². The number of nitrogens with zero attached hydrogens (tertiary/aromatic N) is 3. The predicted octanol–water partition coefficient (Wildman–Crippen LogP) is 24.1. The molecule has 2 aliphatic heterocycles. The lowest BCUT2D eigenvalue weighted by atomic mass is 9.60. The van der Waals surface area contributed by atoms with Crippen LogP contribution in [0.25, 0.3) is 6.08 Å². The smallest absolute Gasteiger partial charge is 0.450 e. The lowest BCUT2D eigenvalue weighted by Gasteiger charge is -2.45. The summed E-state index contributed by atoms with van der Waals surface area (Å²) in [5.41, 5.74) is -0.768. The van der Waals surface area contributed by atoms with Gasteiger partial charge in [-0.3, -0.25) is 9.59 Å². The third-order valence-electron chi connectivity index (χ3n) is 24.4. The number of hydrogen-bond acceptors (Lipinski definition) is 20. The van der Waals surface area contributed by atoms with E-state index in [0.29, 0.717) is 30.6 Å². The first kappa shape index (κ1) is 108. The minimum Gasteiger partial charge on any atom is -0.450 e. The van der Waals surface area contributed by atoms with E-state index in [1.54, 1.807) is 80.8 Å². The van der Waals surface area contributed by atoms with Crippen molar-refractivity contribution in [1.29, 1.82) is 0 Å². The Morgan fingerprint density at radius 2 is 1.10 bits per heavy atom. The van der Waals surface area contributed by atoms with Gasteiger partial charge in [-0.1, -0.05) is 263 Å². The Bertz CT molecular complexity index is 3160. The topological polar surface area (TPSA) is 240 Å². The molecule has 0 radical (unpaired) electrons. The summed E-state index contributed by atoms with van der Waals surface area (Å²) in [6.07, 6.45) is 5.73. The van der Waals surface area contributed by atoms with Gasteiger partial charge in [-0.2, -0.15) is 0 Å². The van der Waals surface area contributed by atoms with Crippen molar-refractivity contribution < 1.29 is 58.6 Å². The van der Waals surface area contributed by atoms with Gasteiger partial charge >= 0.3 is 11.6 Å². The average Bonchev–Trinajstić information content (AvgIpc) is 1.69. The number of Topliss-reactive ketones (excluding diaryl/α,β-unsaturated/α-hetero) is 1. The van der Waals surface area contributed by atoms with Crippen LogP contribution in [0.15, 0.2) is 69.8 Å². The third-order valence-corrected chi connectivity index (χ3v) is 29.8. The molecule has 5 N–H and O–H groups in total. The maximum absolute atomic E-state index is 14.0. The summed E-state index contributed by atoms with van der Waals surface area (Å²) in [7, 11) is 6.39. The van der Waals surface area contributed by atoms with Crippen molar-refractivity contribution in [2.75, 3.05) is 24.7 Å². The first-order valence-corrected chi connectivity index (χ1v) is 45.7. The quantitative estimate of drug-likeness (QED) is 0.0246. The summed E-state index contributed by atoms with van der Waals surface area (Å²) >= 11 is 6.98. The van der Waals surface area contributed by atoms with Crippen molar-refractivity contribution in [1.82, 2.24) is 20.3 Å². The number of carbonyl (C=O) groups excluding carboxylic acids is 4. The van der Waals surface area contributed by atoms with E-state index in [4.69, 9.17) is 35.7 Å². The van der Waals surface area contributed by atoms with E-state index >= 15 is 0 Å². The van der Waals surface area contributed by atoms with E-state index in [1.165, 1.54) is 0 Å². The minimum absolute atomic E-state index is 0. The largest absolute Gasteiger partial charge is 0.508 e. The maximum Gasteiger partial charge on any atom is 0.508 e. The number of aliphatic hydroxyl groups is 4. The Morgan fingerprint density at radius 1 is 0.667 bits per heavy atom. The Morgan fingerprint density at radius 3 is 1.49 bits per heavy atom. The van der Waals surface area contributed by atoms with Crippen LogP contribution in [-0.2, 0) is 28.5 Å². The van der Waals surface area contributed by atoms with E-state index in [1.807, 2.05) is 82.5 Å². The second-order valence-corrected chi connectivity index (χ2v) is 45.9. The molecule has 642 valence electrons. The lowest BCUT2D eigenvalue weighted by molar-refractivity contribution is -0.150. The molecule has 2 aliphatic rings. The van der Waals surface area contributed by atoms with Gasteiger partial charge in [0.1, 0.15) is 34.6 Å². The molecule has 2 saturated heterocycles. The molecule has 3 aromatic heterocycles. The molecule has 22 heteroatoms. The molecule has 0 spiro atoms. The molecule has 1 amide bonds. The number of ether oxygens (including phenoxy) is 4. The number of carbonyl (C=O) groups is 4. The first-order chi connectivity index (χ1) is 49.9. The summed E-state index contributed by atoms with van der Waals surface area (Å²) < 4.78 is 22.7. The molecule has 1 unspecified atom stereocenters. The van der Waals surface area contributed by atoms with Crippen LogP contribution in [0.4, 0.5) is 9.59 Å². The van der Waals surface area contributed by atoms with Crippen molar-refractivity contribution in [3.63, 3.8) is 0 Å². The highest BCUT2D eigenvalue weighted by atomic mass is 35.5. The number of hydrogen-bond donors (Lipinski definition) is 5. The number of aromatic nitrogens is 3. The summed E-state index contributed by atoms with van der Waals surface area (Å²) in [4.78, 5) is 63.5. The van der Waals surface area contributed by atoms with Gasteiger partial charge in [0.05, 0.1) is 65.2 Å². The van der Waals surface area contributed by atoms with Gasteiger partial charge in [0.2, 0.25) is 5.91 Å². The van der Waals surface area contributed by atoms with Crippen molar-refractivity contribution in [2.24, 2.45) is 96.1 Å². The van der Waals surface area contributed by atoms with E-state index < -0.39 is 34.6 Å². The molecule has 111 heavy (non-hydrogen) atoms. The fraction of sp³-hybridized carbons (Fsp3) is 0.787. The van der Waals surface area contributed by atoms with E-state index in [2.05, 4.69) is 214 Å². The molecule has 2 fully saturated rings. The standard InChI is InChI=1S/C33H54N2O5S.C21H35NO3S2.C14H27ClO2.C13H28O.C7H9NOS2.CH4/c1-19(15-23-18-41-22(4)34-23)24-16-26-33(11,40-26)14-12-13-30(5,6)20(2)28(38)21(3)31(7,8)29(39)32(9,10)25(36)17-27(37)35-24;1-15(20(3,4)5)18(16(2)21(6,7)8)25-19(23)24-13-14-26-27-17-11-9-10-12-22-17;1-9(13(3,4)5)11(17-12(15)16)10(2)14(6,7)8;1-9(12(3,4)5)11(14)10(2)13(6,7)8;9-5-6-10-11-7-3-1-2-4-8-7;/h15,18,20-21,24-26,28,36,38H,12-14,16-17H2,1-11H3,(H,35,37);9-12,15-16,18H,13-14H2,1-8H3;9-11H,1-8H3;9-11,14H,1-8H3;1-4,9H,5-6H2;1H4/b19-15+;;;;;/t20?,21-,24+,25+,26+,28+,33-;15-,16-;2*9-,10-;;/m1111../s1. The number of thiazole rings is 1. The van der Waals surface area contributed by atoms with E-state index in [9.17, 15) is 34.5 Å². The van der Waals surface area contributed by atoms with Gasteiger partial charge in [0.25, 0.3) is 0 Å². The Balaban J connectivity index is 0.00000148. The number of rotatable bonds is 19. The first-order valence-electron chi connectivity index (χ1n) is 39.8. The second-order valence-electron chi connectivity index (χ2n) is 39.6. The summed E-state index contributed by atoms with van der Waals surface area (Å²) in [5.74, 6) is 2.17.